The first kappa shape index (κ1) is 16.0. The molecule has 0 saturated heterocycles. The van der Waals surface area contributed by atoms with Crippen molar-refractivity contribution in [2.45, 2.75) is 19.1 Å². The molecule has 0 aliphatic rings. The molecule has 0 amide bonds. The average molecular weight is 271 g/mol. The highest BCUT2D eigenvalue weighted by Crippen LogP contribution is 2.20. The van der Waals surface area contributed by atoms with Crippen LogP contribution in [-0.2, 0) is 14.2 Å². The Balaban J connectivity index is 2.39. The van der Waals surface area contributed by atoms with Crippen molar-refractivity contribution in [3.8, 4) is 0 Å². The first-order valence-electron chi connectivity index (χ1n) is 6.34. The third kappa shape index (κ3) is 6.11. The molecule has 0 aromatic heterocycles. The van der Waals surface area contributed by atoms with Crippen LogP contribution in [0.1, 0.15) is 18.6 Å². The van der Waals surface area contributed by atoms with E-state index in [-0.39, 0.29) is 18.0 Å². The lowest BCUT2D eigenvalue weighted by Gasteiger charge is -2.22. The molecule has 0 aliphatic heterocycles. The van der Waals surface area contributed by atoms with E-state index in [0.29, 0.717) is 26.4 Å². The van der Waals surface area contributed by atoms with Crippen LogP contribution in [0.5, 0.6) is 0 Å². The number of hydrogen-bond acceptors (Lipinski definition) is 4. The van der Waals surface area contributed by atoms with Gasteiger partial charge in [0.15, 0.2) is 0 Å². The molecule has 0 fully saturated rings. The topological polar surface area (TPSA) is 53.7 Å². The van der Waals surface area contributed by atoms with Crippen LogP contribution < -0.4 is 5.73 Å². The Bertz CT molecular complexity index is 343. The molecule has 2 atom stereocenters. The van der Waals surface area contributed by atoms with Gasteiger partial charge in [-0.3, -0.25) is 0 Å². The summed E-state index contributed by atoms with van der Waals surface area (Å²) in [5.74, 6) is -0.268. The largest absolute Gasteiger partial charge is 0.382 e. The molecule has 1 aromatic carbocycles. The van der Waals surface area contributed by atoms with Crippen molar-refractivity contribution >= 4 is 0 Å². The van der Waals surface area contributed by atoms with E-state index in [0.717, 1.165) is 5.56 Å². The quantitative estimate of drug-likeness (QED) is 0.697. The van der Waals surface area contributed by atoms with Gasteiger partial charge in [0.2, 0.25) is 0 Å². The molecule has 1 aromatic rings. The van der Waals surface area contributed by atoms with Gasteiger partial charge in [0.05, 0.1) is 32.5 Å². The molecule has 19 heavy (non-hydrogen) atoms. The molecule has 2 N–H and O–H groups in total. The van der Waals surface area contributed by atoms with Crippen LogP contribution >= 0.6 is 0 Å². The standard InChI is InChI=1S/C14H22FNO3/c1-11(16)14(12-3-5-13(15)6-4-12)19-10-9-18-8-7-17-2/h3-6,11,14H,7-10,16H2,1-2H3. The van der Waals surface area contributed by atoms with Gasteiger partial charge in [0.25, 0.3) is 0 Å². The van der Waals surface area contributed by atoms with E-state index in [2.05, 4.69) is 0 Å². The number of hydrogen-bond donors (Lipinski definition) is 1. The Morgan fingerprint density at radius 3 is 2.32 bits per heavy atom. The number of halogens is 1. The molecule has 2 unspecified atom stereocenters. The van der Waals surface area contributed by atoms with Crippen LogP contribution in [0.15, 0.2) is 24.3 Å². The highest BCUT2D eigenvalue weighted by atomic mass is 19.1. The molecule has 108 valence electrons. The number of ether oxygens (including phenoxy) is 3. The maximum Gasteiger partial charge on any atom is 0.123 e. The van der Waals surface area contributed by atoms with Gasteiger partial charge in [-0.15, -0.1) is 0 Å². The van der Waals surface area contributed by atoms with Gasteiger partial charge < -0.3 is 19.9 Å². The van der Waals surface area contributed by atoms with E-state index < -0.39 is 0 Å². The van der Waals surface area contributed by atoms with Crippen molar-refractivity contribution in [1.82, 2.24) is 0 Å². The molecular weight excluding hydrogens is 249 g/mol. The third-order valence-corrected chi connectivity index (χ3v) is 2.63. The minimum Gasteiger partial charge on any atom is -0.382 e. The van der Waals surface area contributed by atoms with Crippen molar-refractivity contribution in [3.05, 3.63) is 35.6 Å². The highest BCUT2D eigenvalue weighted by molar-refractivity contribution is 5.19. The zero-order chi connectivity index (χ0) is 14.1. The second-order valence-corrected chi connectivity index (χ2v) is 4.31. The average Bonchev–Trinajstić information content (AvgIpc) is 2.39. The van der Waals surface area contributed by atoms with Crippen molar-refractivity contribution in [2.75, 3.05) is 33.5 Å². The first-order chi connectivity index (χ1) is 9.15. The summed E-state index contributed by atoms with van der Waals surface area (Å²) in [4.78, 5) is 0. The molecular formula is C14H22FNO3. The Morgan fingerprint density at radius 1 is 1.11 bits per heavy atom. The molecule has 0 spiro atoms. The number of benzene rings is 1. The van der Waals surface area contributed by atoms with Crippen LogP contribution in [-0.4, -0.2) is 39.6 Å². The van der Waals surface area contributed by atoms with E-state index in [9.17, 15) is 4.39 Å². The summed E-state index contributed by atoms with van der Waals surface area (Å²) in [7, 11) is 1.63. The lowest BCUT2D eigenvalue weighted by molar-refractivity contribution is -0.0142. The summed E-state index contributed by atoms with van der Waals surface area (Å²) >= 11 is 0. The summed E-state index contributed by atoms with van der Waals surface area (Å²) in [6.45, 7) is 3.88. The lowest BCUT2D eigenvalue weighted by Crippen LogP contribution is -2.28. The fourth-order valence-electron chi connectivity index (χ4n) is 1.68. The highest BCUT2D eigenvalue weighted by Gasteiger charge is 2.16. The zero-order valence-electron chi connectivity index (χ0n) is 11.5. The van der Waals surface area contributed by atoms with Crippen molar-refractivity contribution in [3.63, 3.8) is 0 Å². The molecule has 1 rings (SSSR count). The van der Waals surface area contributed by atoms with Gasteiger partial charge >= 0.3 is 0 Å². The number of rotatable bonds is 9. The van der Waals surface area contributed by atoms with Crippen molar-refractivity contribution in [2.24, 2.45) is 5.73 Å². The van der Waals surface area contributed by atoms with Crippen LogP contribution in [0.4, 0.5) is 4.39 Å². The van der Waals surface area contributed by atoms with E-state index in [4.69, 9.17) is 19.9 Å². The molecule has 0 bridgehead atoms. The Hall–Kier alpha value is -1.01. The molecule has 4 nitrogen and oxygen atoms in total. The maximum absolute atomic E-state index is 12.9. The Labute approximate surface area is 113 Å². The molecule has 0 heterocycles. The summed E-state index contributed by atoms with van der Waals surface area (Å²) < 4.78 is 28.7. The first-order valence-corrected chi connectivity index (χ1v) is 6.34. The van der Waals surface area contributed by atoms with Gasteiger partial charge in [-0.2, -0.15) is 0 Å². The SMILES string of the molecule is COCCOCCOC(c1ccc(F)cc1)C(C)N. The Kier molecular flexibility index (Phi) is 7.59. The van der Waals surface area contributed by atoms with Crippen LogP contribution in [0.2, 0.25) is 0 Å². The van der Waals surface area contributed by atoms with Gasteiger partial charge in [-0.1, -0.05) is 12.1 Å². The zero-order valence-corrected chi connectivity index (χ0v) is 11.5. The summed E-state index contributed by atoms with van der Waals surface area (Å²) in [6, 6.07) is 6.01. The predicted molar refractivity (Wildman–Crippen MR) is 71.4 cm³/mol. The van der Waals surface area contributed by atoms with Crippen molar-refractivity contribution < 1.29 is 18.6 Å². The second kappa shape index (κ2) is 8.98. The molecule has 0 radical (unpaired) electrons. The van der Waals surface area contributed by atoms with E-state index in [1.54, 1.807) is 19.2 Å². The number of methoxy groups -OCH3 is 1. The fourth-order valence-corrected chi connectivity index (χ4v) is 1.68. The number of nitrogens with two attached hydrogens (primary N) is 1. The summed E-state index contributed by atoms with van der Waals surface area (Å²) in [6.07, 6.45) is -0.258. The molecule has 5 heteroatoms. The third-order valence-electron chi connectivity index (χ3n) is 2.63. The maximum atomic E-state index is 12.9. The Morgan fingerprint density at radius 2 is 1.74 bits per heavy atom. The minimum atomic E-state index is -0.268. The van der Waals surface area contributed by atoms with Gasteiger partial charge in [0.1, 0.15) is 5.82 Å². The van der Waals surface area contributed by atoms with Crippen molar-refractivity contribution in [1.29, 1.82) is 0 Å². The summed E-state index contributed by atoms with van der Waals surface area (Å²) in [5.41, 5.74) is 6.76. The second-order valence-electron chi connectivity index (χ2n) is 4.31. The molecule has 0 saturated carbocycles. The minimum absolute atomic E-state index is 0.176. The molecule has 0 aliphatic carbocycles. The summed E-state index contributed by atoms with van der Waals surface area (Å²) in [5, 5.41) is 0. The van der Waals surface area contributed by atoms with Gasteiger partial charge in [-0.05, 0) is 24.6 Å². The van der Waals surface area contributed by atoms with E-state index in [1.165, 1.54) is 12.1 Å². The van der Waals surface area contributed by atoms with Crippen LogP contribution in [0, 0.1) is 5.82 Å². The van der Waals surface area contributed by atoms with Gasteiger partial charge in [0, 0.05) is 13.2 Å². The monoisotopic (exact) mass is 271 g/mol. The van der Waals surface area contributed by atoms with Gasteiger partial charge in [-0.25, -0.2) is 4.39 Å². The van der Waals surface area contributed by atoms with Crippen LogP contribution in [0.25, 0.3) is 0 Å². The normalized spacial score (nSPS) is 14.3. The smallest absolute Gasteiger partial charge is 0.123 e. The lowest BCUT2D eigenvalue weighted by atomic mass is 10.0. The predicted octanol–water partition coefficient (Wildman–Crippen LogP) is 1.89. The van der Waals surface area contributed by atoms with E-state index in [1.807, 2.05) is 6.92 Å². The van der Waals surface area contributed by atoms with Crippen LogP contribution in [0.3, 0.4) is 0 Å². The fraction of sp³-hybridized carbons (Fsp3) is 0.571. The van der Waals surface area contributed by atoms with E-state index >= 15 is 0 Å².